The highest BCUT2D eigenvalue weighted by Crippen LogP contribution is 2.22. The molecule has 1 atom stereocenters. The first-order valence-corrected chi connectivity index (χ1v) is 8.86. The third kappa shape index (κ3) is 3.23. The van der Waals surface area contributed by atoms with E-state index in [2.05, 4.69) is 16.7 Å². The zero-order valence-corrected chi connectivity index (χ0v) is 14.5. The van der Waals surface area contributed by atoms with Gasteiger partial charge in [-0.1, -0.05) is 31.2 Å². The molecule has 22 heavy (non-hydrogen) atoms. The summed E-state index contributed by atoms with van der Waals surface area (Å²) in [6.45, 7) is 7.41. The van der Waals surface area contributed by atoms with Gasteiger partial charge in [-0.25, -0.2) is 13.1 Å². The molecule has 1 unspecified atom stereocenters. The molecular formula is C16H23N3O2S. The fourth-order valence-corrected chi connectivity index (χ4v) is 4.21. The maximum atomic E-state index is 12.6. The largest absolute Gasteiger partial charge is 0.271 e. The van der Waals surface area contributed by atoms with Gasteiger partial charge in [0.2, 0.25) is 10.0 Å². The number of nitrogens with zero attached hydrogens (tertiary/aromatic N) is 2. The van der Waals surface area contributed by atoms with E-state index in [1.807, 2.05) is 31.2 Å². The molecule has 0 radical (unpaired) electrons. The fraction of sp³-hybridized carbons (Fsp3) is 0.438. The van der Waals surface area contributed by atoms with E-state index >= 15 is 0 Å². The van der Waals surface area contributed by atoms with Crippen molar-refractivity contribution in [3.05, 3.63) is 46.8 Å². The van der Waals surface area contributed by atoms with Gasteiger partial charge >= 0.3 is 0 Å². The van der Waals surface area contributed by atoms with Gasteiger partial charge in [0.1, 0.15) is 4.90 Å². The molecule has 1 aromatic carbocycles. The lowest BCUT2D eigenvalue weighted by atomic mass is 10.1. The molecule has 0 spiro atoms. The van der Waals surface area contributed by atoms with Crippen LogP contribution in [-0.2, 0) is 23.5 Å². The molecule has 0 aliphatic heterocycles. The maximum Gasteiger partial charge on any atom is 0.244 e. The molecule has 1 N–H and O–H groups in total. The summed E-state index contributed by atoms with van der Waals surface area (Å²) in [5.41, 5.74) is 3.33. The lowest BCUT2D eigenvalue weighted by molar-refractivity contribution is 0.565. The van der Waals surface area contributed by atoms with Crippen molar-refractivity contribution in [2.45, 2.75) is 45.1 Å². The van der Waals surface area contributed by atoms with Gasteiger partial charge in [-0.2, -0.15) is 5.10 Å². The van der Waals surface area contributed by atoms with Crippen LogP contribution in [0.4, 0.5) is 0 Å². The van der Waals surface area contributed by atoms with Crippen molar-refractivity contribution in [1.82, 2.24) is 14.5 Å². The van der Waals surface area contributed by atoms with E-state index in [4.69, 9.17) is 0 Å². The summed E-state index contributed by atoms with van der Waals surface area (Å²) < 4.78 is 29.6. The van der Waals surface area contributed by atoms with Gasteiger partial charge in [0.05, 0.1) is 11.4 Å². The van der Waals surface area contributed by atoms with E-state index in [1.165, 1.54) is 5.56 Å². The summed E-state index contributed by atoms with van der Waals surface area (Å²) in [7, 11) is -1.85. The van der Waals surface area contributed by atoms with Crippen LogP contribution in [0.1, 0.15) is 42.4 Å². The van der Waals surface area contributed by atoms with Crippen molar-refractivity contribution < 1.29 is 8.42 Å². The van der Waals surface area contributed by atoms with E-state index in [9.17, 15) is 8.42 Å². The Morgan fingerprint density at radius 2 is 1.82 bits per heavy atom. The molecule has 0 fully saturated rings. The molecule has 2 aromatic rings. The highest BCUT2D eigenvalue weighted by atomic mass is 32.2. The molecule has 1 aromatic heterocycles. The van der Waals surface area contributed by atoms with Crippen molar-refractivity contribution in [2.24, 2.45) is 7.05 Å². The Labute approximate surface area is 132 Å². The summed E-state index contributed by atoms with van der Waals surface area (Å²) in [6.07, 6.45) is 0.967. The van der Waals surface area contributed by atoms with Crippen LogP contribution in [0.3, 0.4) is 0 Å². The Bertz CT molecular complexity index is 761. The van der Waals surface area contributed by atoms with Gasteiger partial charge < -0.3 is 0 Å². The highest BCUT2D eigenvalue weighted by molar-refractivity contribution is 7.89. The lowest BCUT2D eigenvalue weighted by Gasteiger charge is -2.15. The summed E-state index contributed by atoms with van der Waals surface area (Å²) in [6, 6.07) is 7.70. The predicted octanol–water partition coefficient (Wildman–Crippen LogP) is 2.64. The third-order valence-electron chi connectivity index (χ3n) is 3.93. The molecule has 0 amide bonds. The second-order valence-corrected chi connectivity index (χ2v) is 7.21. The predicted molar refractivity (Wildman–Crippen MR) is 87.2 cm³/mol. The van der Waals surface area contributed by atoms with Crippen LogP contribution in [0.15, 0.2) is 29.2 Å². The number of benzene rings is 1. The van der Waals surface area contributed by atoms with E-state index < -0.39 is 10.0 Å². The molecule has 0 aliphatic carbocycles. The molecule has 0 saturated carbocycles. The first-order valence-electron chi connectivity index (χ1n) is 7.37. The molecule has 2 rings (SSSR count). The van der Waals surface area contributed by atoms with Gasteiger partial charge in [-0.15, -0.1) is 0 Å². The minimum absolute atomic E-state index is 0.270. The van der Waals surface area contributed by atoms with E-state index in [-0.39, 0.29) is 10.9 Å². The quantitative estimate of drug-likeness (QED) is 0.921. The Hall–Kier alpha value is -1.66. The Morgan fingerprint density at radius 3 is 2.27 bits per heavy atom. The van der Waals surface area contributed by atoms with Crippen LogP contribution in [0.2, 0.25) is 0 Å². The summed E-state index contributed by atoms with van der Waals surface area (Å²) >= 11 is 0. The van der Waals surface area contributed by atoms with Gasteiger partial charge in [-0.05, 0) is 38.3 Å². The average molecular weight is 321 g/mol. The fourth-order valence-electron chi connectivity index (χ4n) is 2.54. The number of aryl methyl sites for hydroxylation is 3. The van der Waals surface area contributed by atoms with Crippen LogP contribution in [0.25, 0.3) is 0 Å². The van der Waals surface area contributed by atoms with Crippen molar-refractivity contribution in [2.75, 3.05) is 0 Å². The molecule has 6 heteroatoms. The van der Waals surface area contributed by atoms with Gasteiger partial charge in [0.25, 0.3) is 0 Å². The third-order valence-corrected chi connectivity index (χ3v) is 5.72. The van der Waals surface area contributed by atoms with Crippen LogP contribution >= 0.6 is 0 Å². The molecule has 0 saturated heterocycles. The first-order chi connectivity index (χ1) is 10.3. The molecule has 5 nitrogen and oxygen atoms in total. The Morgan fingerprint density at radius 1 is 1.23 bits per heavy atom. The second-order valence-electron chi connectivity index (χ2n) is 5.56. The van der Waals surface area contributed by atoms with Gasteiger partial charge in [0.15, 0.2) is 0 Å². The summed E-state index contributed by atoms with van der Waals surface area (Å²) in [5.74, 6) is 0. The number of aromatic nitrogens is 2. The SMILES string of the molecule is CCc1ccc(C(C)NS(=O)(=O)c2c(C)nn(C)c2C)cc1. The van der Waals surface area contributed by atoms with Crippen molar-refractivity contribution in [3.8, 4) is 0 Å². The zero-order chi connectivity index (χ0) is 16.5. The minimum Gasteiger partial charge on any atom is -0.271 e. The van der Waals surface area contributed by atoms with Crippen molar-refractivity contribution >= 4 is 10.0 Å². The van der Waals surface area contributed by atoms with Gasteiger partial charge in [0, 0.05) is 13.1 Å². The maximum absolute atomic E-state index is 12.6. The molecular weight excluding hydrogens is 298 g/mol. The number of sulfonamides is 1. The van der Waals surface area contributed by atoms with E-state index in [0.717, 1.165) is 12.0 Å². The monoisotopic (exact) mass is 321 g/mol. The molecule has 0 bridgehead atoms. The van der Waals surface area contributed by atoms with Crippen LogP contribution in [-0.4, -0.2) is 18.2 Å². The number of hydrogen-bond donors (Lipinski definition) is 1. The highest BCUT2D eigenvalue weighted by Gasteiger charge is 2.25. The Kier molecular flexibility index (Phi) is 4.72. The van der Waals surface area contributed by atoms with Gasteiger partial charge in [-0.3, -0.25) is 4.68 Å². The zero-order valence-electron chi connectivity index (χ0n) is 13.7. The second kappa shape index (κ2) is 6.22. The first kappa shape index (κ1) is 16.7. The molecule has 120 valence electrons. The number of rotatable bonds is 5. The molecule has 0 aliphatic rings. The van der Waals surface area contributed by atoms with E-state index in [1.54, 1.807) is 25.6 Å². The van der Waals surface area contributed by atoms with Crippen LogP contribution in [0.5, 0.6) is 0 Å². The number of nitrogens with one attached hydrogen (secondary N) is 1. The lowest BCUT2D eigenvalue weighted by Crippen LogP contribution is -2.27. The number of hydrogen-bond acceptors (Lipinski definition) is 3. The van der Waals surface area contributed by atoms with Crippen LogP contribution < -0.4 is 4.72 Å². The summed E-state index contributed by atoms with van der Waals surface area (Å²) in [4.78, 5) is 0.270. The molecule has 1 heterocycles. The standard InChI is InChI=1S/C16H23N3O2S/c1-6-14-7-9-15(10-8-14)11(2)18-22(20,21)16-12(3)17-19(5)13(16)4/h7-11,18H,6H2,1-5H3. The Balaban J connectivity index is 2.27. The van der Waals surface area contributed by atoms with Crippen LogP contribution in [0, 0.1) is 13.8 Å². The van der Waals surface area contributed by atoms with E-state index in [0.29, 0.717) is 11.4 Å². The topological polar surface area (TPSA) is 64.0 Å². The normalized spacial score (nSPS) is 13.3. The van der Waals surface area contributed by atoms with Crippen molar-refractivity contribution in [3.63, 3.8) is 0 Å². The minimum atomic E-state index is -3.60. The smallest absolute Gasteiger partial charge is 0.244 e. The average Bonchev–Trinajstić information content (AvgIpc) is 2.72. The summed E-state index contributed by atoms with van der Waals surface area (Å²) in [5, 5.41) is 4.18. The van der Waals surface area contributed by atoms with Crippen molar-refractivity contribution in [1.29, 1.82) is 0 Å².